The minimum atomic E-state index is 0.659. The van der Waals surface area contributed by atoms with Gasteiger partial charge in [-0.1, -0.05) is 6.07 Å². The van der Waals surface area contributed by atoms with Crippen LogP contribution < -0.4 is 4.90 Å². The molecule has 0 fully saturated rings. The number of aryl methyl sites for hydroxylation is 1. The summed E-state index contributed by atoms with van der Waals surface area (Å²) in [4.78, 5) is 10.6. The number of nitriles is 1. The van der Waals surface area contributed by atoms with Crippen molar-refractivity contribution in [1.29, 1.82) is 5.26 Å². The van der Waals surface area contributed by atoms with E-state index in [2.05, 4.69) is 26.2 Å². The molecule has 6 heteroatoms. The summed E-state index contributed by atoms with van der Waals surface area (Å²) in [5, 5.41) is 16.5. The maximum absolute atomic E-state index is 9.07. The van der Waals surface area contributed by atoms with Crippen LogP contribution in [0.1, 0.15) is 11.1 Å². The molecule has 1 N–H and O–H groups in total. The Morgan fingerprint density at radius 1 is 1.00 bits per heavy atom. The number of pyridine rings is 2. The van der Waals surface area contributed by atoms with Gasteiger partial charge >= 0.3 is 0 Å². The van der Waals surface area contributed by atoms with Crippen LogP contribution in [0.2, 0.25) is 0 Å². The SMILES string of the molecule is Cc1cc(C#N)ccc1-c1ccnc(N(C)c2cc(-c3cccnc3)[nH]n2)c1. The molecular formula is C22H18N6. The van der Waals surface area contributed by atoms with Gasteiger partial charge in [0.15, 0.2) is 5.82 Å². The topological polar surface area (TPSA) is 81.5 Å². The number of nitrogens with zero attached hydrogens (tertiary/aromatic N) is 5. The summed E-state index contributed by atoms with van der Waals surface area (Å²) in [6.07, 6.45) is 5.32. The van der Waals surface area contributed by atoms with Crippen LogP contribution in [-0.4, -0.2) is 27.2 Å². The Kier molecular flexibility index (Phi) is 4.56. The van der Waals surface area contributed by atoms with Gasteiger partial charge in [0.05, 0.1) is 17.3 Å². The molecule has 136 valence electrons. The first-order valence-electron chi connectivity index (χ1n) is 8.82. The van der Waals surface area contributed by atoms with E-state index in [9.17, 15) is 0 Å². The Morgan fingerprint density at radius 3 is 2.64 bits per heavy atom. The number of hydrogen-bond donors (Lipinski definition) is 1. The predicted molar refractivity (Wildman–Crippen MR) is 109 cm³/mol. The minimum Gasteiger partial charge on any atom is -0.313 e. The number of rotatable bonds is 4. The van der Waals surface area contributed by atoms with Crippen molar-refractivity contribution in [2.75, 3.05) is 11.9 Å². The van der Waals surface area contributed by atoms with Gasteiger partial charge in [0.25, 0.3) is 0 Å². The second-order valence-corrected chi connectivity index (χ2v) is 6.48. The number of aromatic nitrogens is 4. The van der Waals surface area contributed by atoms with Crippen LogP contribution in [0.4, 0.5) is 11.6 Å². The van der Waals surface area contributed by atoms with Crippen molar-refractivity contribution < 1.29 is 0 Å². The summed E-state index contributed by atoms with van der Waals surface area (Å²) in [5.74, 6) is 1.55. The molecule has 0 radical (unpaired) electrons. The normalized spacial score (nSPS) is 10.5. The summed E-state index contributed by atoms with van der Waals surface area (Å²) in [6.45, 7) is 2.01. The van der Waals surface area contributed by atoms with Crippen LogP contribution in [0, 0.1) is 18.3 Å². The van der Waals surface area contributed by atoms with Crippen LogP contribution in [0.3, 0.4) is 0 Å². The molecule has 0 spiro atoms. The highest BCUT2D eigenvalue weighted by Gasteiger charge is 2.12. The lowest BCUT2D eigenvalue weighted by Crippen LogP contribution is -2.11. The number of nitrogens with one attached hydrogen (secondary N) is 1. The van der Waals surface area contributed by atoms with Crippen LogP contribution >= 0.6 is 0 Å². The quantitative estimate of drug-likeness (QED) is 0.576. The molecule has 6 nitrogen and oxygen atoms in total. The molecule has 28 heavy (non-hydrogen) atoms. The van der Waals surface area contributed by atoms with Gasteiger partial charge < -0.3 is 4.90 Å². The van der Waals surface area contributed by atoms with E-state index in [4.69, 9.17) is 5.26 Å². The maximum atomic E-state index is 9.07. The zero-order chi connectivity index (χ0) is 19.5. The van der Waals surface area contributed by atoms with Crippen molar-refractivity contribution >= 4 is 11.6 Å². The third-order valence-electron chi connectivity index (χ3n) is 4.64. The van der Waals surface area contributed by atoms with E-state index in [0.29, 0.717) is 5.56 Å². The number of anilines is 2. The van der Waals surface area contributed by atoms with Crippen LogP contribution in [0.25, 0.3) is 22.4 Å². The molecule has 0 saturated carbocycles. The van der Waals surface area contributed by atoms with E-state index in [-0.39, 0.29) is 0 Å². The van der Waals surface area contributed by atoms with Crippen molar-refractivity contribution in [2.45, 2.75) is 6.92 Å². The molecule has 0 unspecified atom stereocenters. The zero-order valence-electron chi connectivity index (χ0n) is 15.6. The molecule has 3 heterocycles. The van der Waals surface area contributed by atoms with Crippen molar-refractivity contribution in [3.05, 3.63) is 78.2 Å². The molecule has 1 aromatic carbocycles. The highest BCUT2D eigenvalue weighted by atomic mass is 15.3. The molecule has 0 aliphatic rings. The van der Waals surface area contributed by atoms with Gasteiger partial charge in [0.2, 0.25) is 0 Å². The lowest BCUT2D eigenvalue weighted by atomic mass is 9.99. The molecule has 4 aromatic rings. The fourth-order valence-corrected chi connectivity index (χ4v) is 3.10. The lowest BCUT2D eigenvalue weighted by Gasteiger charge is -2.16. The average Bonchev–Trinajstić information content (AvgIpc) is 3.24. The Labute approximate surface area is 163 Å². The van der Waals surface area contributed by atoms with Gasteiger partial charge in [-0.25, -0.2) is 4.98 Å². The van der Waals surface area contributed by atoms with Gasteiger partial charge in [-0.05, 0) is 60.0 Å². The van der Waals surface area contributed by atoms with Crippen molar-refractivity contribution in [2.24, 2.45) is 0 Å². The largest absolute Gasteiger partial charge is 0.313 e. The lowest BCUT2D eigenvalue weighted by molar-refractivity contribution is 1.02. The fraction of sp³-hybridized carbons (Fsp3) is 0.0909. The fourth-order valence-electron chi connectivity index (χ4n) is 3.10. The van der Waals surface area contributed by atoms with E-state index in [1.807, 2.05) is 67.4 Å². The molecule has 0 bridgehead atoms. The maximum Gasteiger partial charge on any atom is 0.156 e. The first kappa shape index (κ1) is 17.4. The van der Waals surface area contributed by atoms with E-state index in [0.717, 1.165) is 39.6 Å². The van der Waals surface area contributed by atoms with E-state index >= 15 is 0 Å². The number of hydrogen-bond acceptors (Lipinski definition) is 5. The third-order valence-corrected chi connectivity index (χ3v) is 4.64. The molecule has 0 saturated heterocycles. The predicted octanol–water partition coefficient (Wildman–Crippen LogP) is 4.48. The summed E-state index contributed by atoms with van der Waals surface area (Å²) < 4.78 is 0. The highest BCUT2D eigenvalue weighted by Crippen LogP contribution is 2.29. The van der Waals surface area contributed by atoms with Gasteiger partial charge in [0.1, 0.15) is 5.82 Å². The molecule has 0 amide bonds. The van der Waals surface area contributed by atoms with Crippen LogP contribution in [0.5, 0.6) is 0 Å². The molecule has 0 atom stereocenters. The number of aromatic amines is 1. The molecule has 0 aliphatic heterocycles. The number of H-pyrrole nitrogens is 1. The first-order valence-corrected chi connectivity index (χ1v) is 8.82. The van der Waals surface area contributed by atoms with Gasteiger partial charge in [-0.3, -0.25) is 10.1 Å². The van der Waals surface area contributed by atoms with Gasteiger partial charge in [0, 0.05) is 37.3 Å². The highest BCUT2D eigenvalue weighted by molar-refractivity contribution is 5.72. The summed E-state index contributed by atoms with van der Waals surface area (Å²) in [6, 6.07) is 17.7. The molecule has 3 aromatic heterocycles. The molecule has 0 aliphatic carbocycles. The van der Waals surface area contributed by atoms with Crippen LogP contribution in [0.15, 0.2) is 67.1 Å². The minimum absolute atomic E-state index is 0.659. The van der Waals surface area contributed by atoms with Gasteiger partial charge in [-0.15, -0.1) is 0 Å². The summed E-state index contributed by atoms with van der Waals surface area (Å²) in [5.41, 5.74) is 5.71. The Morgan fingerprint density at radius 2 is 1.89 bits per heavy atom. The average molecular weight is 366 g/mol. The van der Waals surface area contributed by atoms with E-state index < -0.39 is 0 Å². The Bertz CT molecular complexity index is 1160. The smallest absolute Gasteiger partial charge is 0.156 e. The molecular weight excluding hydrogens is 348 g/mol. The van der Waals surface area contributed by atoms with Crippen molar-refractivity contribution in [3.63, 3.8) is 0 Å². The third kappa shape index (κ3) is 3.33. The Balaban J connectivity index is 1.65. The molecule has 4 rings (SSSR count). The first-order chi connectivity index (χ1) is 13.7. The van der Waals surface area contributed by atoms with Crippen molar-refractivity contribution in [1.82, 2.24) is 20.2 Å². The van der Waals surface area contributed by atoms with E-state index in [1.54, 1.807) is 18.6 Å². The van der Waals surface area contributed by atoms with Gasteiger partial charge in [-0.2, -0.15) is 10.4 Å². The van der Waals surface area contributed by atoms with Crippen LogP contribution in [-0.2, 0) is 0 Å². The summed E-state index contributed by atoms with van der Waals surface area (Å²) in [7, 11) is 1.93. The Hall–Kier alpha value is -3.98. The summed E-state index contributed by atoms with van der Waals surface area (Å²) >= 11 is 0. The van der Waals surface area contributed by atoms with Crippen molar-refractivity contribution in [3.8, 4) is 28.5 Å². The monoisotopic (exact) mass is 366 g/mol. The second kappa shape index (κ2) is 7.33. The standard InChI is InChI=1S/C22H18N6/c1-15-10-16(13-23)5-6-19(15)17-7-9-25-21(11-17)28(2)22-12-20(26-27-22)18-4-3-8-24-14-18/h3-12,14H,1-2H3,(H,26,27). The zero-order valence-corrected chi connectivity index (χ0v) is 15.6. The second-order valence-electron chi connectivity index (χ2n) is 6.48. The number of benzene rings is 1. The van der Waals surface area contributed by atoms with E-state index in [1.165, 1.54) is 0 Å².